The van der Waals surface area contributed by atoms with Crippen LogP contribution in [-0.4, -0.2) is 37.1 Å². The summed E-state index contributed by atoms with van der Waals surface area (Å²) in [5, 5.41) is 0.792. The SMILES string of the molecule is CC[NH+](CC)CCN(C(=O)c1ccc(C)cc1C)c1nc2c(C)cccc2s1. The third kappa shape index (κ3) is 4.26. The van der Waals surface area contributed by atoms with Crippen LogP contribution in [0.2, 0.25) is 0 Å². The van der Waals surface area contributed by atoms with E-state index in [1.54, 1.807) is 11.3 Å². The molecule has 0 fully saturated rings. The van der Waals surface area contributed by atoms with Crippen LogP contribution in [0, 0.1) is 20.8 Å². The molecule has 0 unspecified atom stereocenters. The smallest absolute Gasteiger partial charge is 0.260 e. The standard InChI is InChI=1S/C23H29N3OS/c1-6-25(7-2)13-14-26(22(27)19-12-11-16(3)15-18(19)5)23-24-21-17(4)9-8-10-20(21)28-23/h8-12,15H,6-7,13-14H2,1-5H3/p+1. The lowest BCUT2D eigenvalue weighted by atomic mass is 10.0. The van der Waals surface area contributed by atoms with Gasteiger partial charge in [-0.1, -0.05) is 41.2 Å². The van der Waals surface area contributed by atoms with E-state index in [0.29, 0.717) is 6.54 Å². The maximum atomic E-state index is 13.5. The molecule has 1 heterocycles. The molecule has 4 nitrogen and oxygen atoms in total. The molecule has 148 valence electrons. The van der Waals surface area contributed by atoms with E-state index in [1.165, 1.54) is 10.5 Å². The first-order chi connectivity index (χ1) is 13.4. The Bertz CT molecular complexity index is 975. The predicted molar refractivity (Wildman–Crippen MR) is 119 cm³/mol. The van der Waals surface area contributed by atoms with Gasteiger partial charge in [-0.3, -0.25) is 9.69 Å². The number of amides is 1. The van der Waals surface area contributed by atoms with Gasteiger partial charge in [-0.15, -0.1) is 0 Å². The molecule has 3 aromatic rings. The number of para-hydroxylation sites is 1. The molecule has 2 aromatic carbocycles. The highest BCUT2D eigenvalue weighted by molar-refractivity contribution is 7.22. The zero-order valence-electron chi connectivity index (χ0n) is 17.5. The van der Waals surface area contributed by atoms with E-state index < -0.39 is 0 Å². The van der Waals surface area contributed by atoms with E-state index in [0.717, 1.165) is 51.7 Å². The summed E-state index contributed by atoms with van der Waals surface area (Å²) in [7, 11) is 0. The number of fused-ring (bicyclic) bond motifs is 1. The van der Waals surface area contributed by atoms with Crippen LogP contribution in [-0.2, 0) is 0 Å². The van der Waals surface area contributed by atoms with E-state index in [2.05, 4.69) is 52.0 Å². The average molecular weight is 397 g/mol. The minimum Gasteiger partial charge on any atom is -0.334 e. The van der Waals surface area contributed by atoms with Crippen molar-refractivity contribution in [2.24, 2.45) is 0 Å². The molecule has 1 amide bonds. The molecule has 0 saturated carbocycles. The van der Waals surface area contributed by atoms with Crippen LogP contribution >= 0.6 is 11.3 Å². The summed E-state index contributed by atoms with van der Waals surface area (Å²) in [4.78, 5) is 21.7. The Balaban J connectivity index is 2.00. The number of carbonyl (C=O) groups excluding carboxylic acids is 1. The van der Waals surface area contributed by atoms with Crippen LogP contribution in [0.25, 0.3) is 10.2 Å². The van der Waals surface area contributed by atoms with Gasteiger partial charge in [0, 0.05) is 5.56 Å². The van der Waals surface area contributed by atoms with Crippen LogP contribution < -0.4 is 9.80 Å². The lowest BCUT2D eigenvalue weighted by Crippen LogP contribution is -3.12. The normalized spacial score (nSPS) is 11.4. The van der Waals surface area contributed by atoms with E-state index in [-0.39, 0.29) is 5.91 Å². The summed E-state index contributed by atoms with van der Waals surface area (Å²) in [6.07, 6.45) is 0. The minimum absolute atomic E-state index is 0.0424. The quantitative estimate of drug-likeness (QED) is 0.660. The van der Waals surface area contributed by atoms with E-state index >= 15 is 0 Å². The van der Waals surface area contributed by atoms with Gasteiger partial charge in [0.05, 0.1) is 36.4 Å². The first kappa shape index (κ1) is 20.5. The number of thiazole rings is 1. The number of rotatable bonds is 7. The summed E-state index contributed by atoms with van der Waals surface area (Å²) in [6, 6.07) is 12.2. The predicted octanol–water partition coefficient (Wildman–Crippen LogP) is 3.79. The number of anilines is 1. The molecule has 0 aliphatic heterocycles. The Morgan fingerprint density at radius 3 is 2.46 bits per heavy atom. The molecule has 0 aliphatic rings. The van der Waals surface area contributed by atoms with Crippen LogP contribution in [0.5, 0.6) is 0 Å². The largest absolute Gasteiger partial charge is 0.334 e. The molecule has 0 aliphatic carbocycles. The first-order valence-corrected chi connectivity index (χ1v) is 10.8. The second-order valence-electron chi connectivity index (χ2n) is 7.40. The van der Waals surface area contributed by atoms with E-state index in [1.807, 2.05) is 24.0 Å². The number of hydrogen-bond acceptors (Lipinski definition) is 3. The number of carbonyl (C=O) groups is 1. The molecule has 1 aromatic heterocycles. The lowest BCUT2D eigenvalue weighted by Gasteiger charge is -2.23. The van der Waals surface area contributed by atoms with Crippen molar-refractivity contribution in [2.75, 3.05) is 31.1 Å². The van der Waals surface area contributed by atoms with Crippen molar-refractivity contribution in [3.05, 3.63) is 58.7 Å². The van der Waals surface area contributed by atoms with E-state index in [4.69, 9.17) is 4.98 Å². The Kier molecular flexibility index (Phi) is 6.47. The third-order valence-corrected chi connectivity index (χ3v) is 6.43. The molecule has 1 N–H and O–H groups in total. The van der Waals surface area contributed by atoms with Crippen LogP contribution in [0.3, 0.4) is 0 Å². The molecule has 0 bridgehead atoms. The van der Waals surface area contributed by atoms with Gasteiger partial charge in [-0.25, -0.2) is 4.98 Å². The van der Waals surface area contributed by atoms with Crippen molar-refractivity contribution in [2.45, 2.75) is 34.6 Å². The second-order valence-corrected chi connectivity index (χ2v) is 8.41. The fourth-order valence-electron chi connectivity index (χ4n) is 3.55. The summed E-state index contributed by atoms with van der Waals surface area (Å²) >= 11 is 1.60. The third-order valence-electron chi connectivity index (χ3n) is 5.39. The molecule has 0 radical (unpaired) electrons. The minimum atomic E-state index is 0.0424. The van der Waals surface area contributed by atoms with Gasteiger partial charge in [0.2, 0.25) is 0 Å². The number of aromatic nitrogens is 1. The number of nitrogens with zero attached hydrogens (tertiary/aromatic N) is 2. The highest BCUT2D eigenvalue weighted by Crippen LogP contribution is 2.31. The van der Waals surface area contributed by atoms with Gasteiger partial charge in [-0.2, -0.15) is 0 Å². The second kappa shape index (κ2) is 8.84. The molecule has 0 spiro atoms. The zero-order valence-corrected chi connectivity index (χ0v) is 18.3. The molecule has 0 saturated heterocycles. The molecular weight excluding hydrogens is 366 g/mol. The Labute approximate surface area is 171 Å². The Hall–Kier alpha value is -2.24. The van der Waals surface area contributed by atoms with Crippen LogP contribution in [0.1, 0.15) is 40.9 Å². The van der Waals surface area contributed by atoms with Crippen molar-refractivity contribution in [3.8, 4) is 0 Å². The molecule has 5 heteroatoms. The Morgan fingerprint density at radius 1 is 1.07 bits per heavy atom. The van der Waals surface area contributed by atoms with Crippen molar-refractivity contribution < 1.29 is 9.69 Å². The number of hydrogen-bond donors (Lipinski definition) is 1. The van der Waals surface area contributed by atoms with Gasteiger partial charge < -0.3 is 4.90 Å². The number of nitrogens with one attached hydrogen (secondary N) is 1. The first-order valence-electron chi connectivity index (χ1n) is 10.0. The molecule has 28 heavy (non-hydrogen) atoms. The molecule has 0 atom stereocenters. The summed E-state index contributed by atoms with van der Waals surface area (Å²) in [5.41, 5.74) is 5.09. The zero-order chi connectivity index (χ0) is 20.3. The van der Waals surface area contributed by atoms with Gasteiger partial charge in [0.1, 0.15) is 0 Å². The van der Waals surface area contributed by atoms with Gasteiger partial charge in [0.15, 0.2) is 5.13 Å². The average Bonchev–Trinajstić information content (AvgIpc) is 3.10. The van der Waals surface area contributed by atoms with Crippen molar-refractivity contribution in [1.29, 1.82) is 0 Å². The molecular formula is C23H30N3OS+. The summed E-state index contributed by atoms with van der Waals surface area (Å²) < 4.78 is 1.13. The van der Waals surface area contributed by atoms with Crippen molar-refractivity contribution in [1.82, 2.24) is 4.98 Å². The Morgan fingerprint density at radius 2 is 1.82 bits per heavy atom. The molecule has 3 rings (SSSR count). The van der Waals surface area contributed by atoms with Crippen molar-refractivity contribution >= 4 is 32.6 Å². The number of quaternary nitrogens is 1. The number of aryl methyl sites for hydroxylation is 3. The van der Waals surface area contributed by atoms with E-state index in [9.17, 15) is 4.79 Å². The van der Waals surface area contributed by atoms with Crippen molar-refractivity contribution in [3.63, 3.8) is 0 Å². The highest BCUT2D eigenvalue weighted by atomic mass is 32.1. The van der Waals surface area contributed by atoms with Gasteiger partial charge in [0.25, 0.3) is 5.91 Å². The maximum absolute atomic E-state index is 13.5. The lowest BCUT2D eigenvalue weighted by molar-refractivity contribution is -0.894. The summed E-state index contributed by atoms with van der Waals surface area (Å²) in [6.45, 7) is 14.2. The highest BCUT2D eigenvalue weighted by Gasteiger charge is 2.24. The fourth-order valence-corrected chi connectivity index (χ4v) is 4.61. The topological polar surface area (TPSA) is 37.6 Å². The fraction of sp³-hybridized carbons (Fsp3) is 0.391. The summed E-state index contributed by atoms with van der Waals surface area (Å²) in [5.74, 6) is 0.0424. The van der Waals surface area contributed by atoms with Crippen LogP contribution in [0.15, 0.2) is 36.4 Å². The number of benzene rings is 2. The number of likely N-dealkylation sites (N-methyl/N-ethyl adjacent to an activating group) is 1. The monoisotopic (exact) mass is 396 g/mol. The van der Waals surface area contributed by atoms with Crippen LogP contribution in [0.4, 0.5) is 5.13 Å². The van der Waals surface area contributed by atoms with Gasteiger partial charge >= 0.3 is 0 Å². The maximum Gasteiger partial charge on any atom is 0.260 e. The van der Waals surface area contributed by atoms with Gasteiger partial charge in [-0.05, 0) is 57.9 Å².